The van der Waals surface area contributed by atoms with E-state index in [1.165, 1.54) is 0 Å². The Morgan fingerprint density at radius 1 is 1.13 bits per heavy atom. The van der Waals surface area contributed by atoms with E-state index >= 15 is 0 Å². The SMILES string of the molecule is Cc1ccc(NC(=O)C2CCN(C(=O)N3CC(C)Oc4ccccc43)CC2)c(Cl)c1. The molecule has 2 heterocycles. The van der Waals surface area contributed by atoms with Gasteiger partial charge in [-0.2, -0.15) is 0 Å². The van der Waals surface area contributed by atoms with Crippen molar-refractivity contribution < 1.29 is 14.3 Å². The third-order valence-electron chi connectivity index (χ3n) is 5.67. The smallest absolute Gasteiger partial charge is 0.324 e. The van der Waals surface area contributed by atoms with Crippen LogP contribution in [0, 0.1) is 12.8 Å². The number of likely N-dealkylation sites (tertiary alicyclic amines) is 1. The second-order valence-electron chi connectivity index (χ2n) is 8.02. The molecule has 3 amide bonds. The number of piperidine rings is 1. The van der Waals surface area contributed by atoms with Crippen LogP contribution < -0.4 is 15.0 Å². The zero-order valence-electron chi connectivity index (χ0n) is 17.2. The van der Waals surface area contributed by atoms with Crippen molar-refractivity contribution in [2.24, 2.45) is 5.92 Å². The number of benzene rings is 2. The van der Waals surface area contributed by atoms with Crippen LogP contribution in [0.4, 0.5) is 16.2 Å². The Morgan fingerprint density at radius 3 is 2.60 bits per heavy atom. The van der Waals surface area contributed by atoms with Gasteiger partial charge < -0.3 is 15.0 Å². The predicted molar refractivity (Wildman–Crippen MR) is 118 cm³/mol. The van der Waals surface area contributed by atoms with E-state index in [0.29, 0.717) is 43.2 Å². The maximum Gasteiger partial charge on any atom is 0.324 e. The molecule has 0 spiro atoms. The summed E-state index contributed by atoms with van der Waals surface area (Å²) in [6.07, 6.45) is 1.19. The van der Waals surface area contributed by atoms with Gasteiger partial charge in [0.05, 0.1) is 22.9 Å². The quantitative estimate of drug-likeness (QED) is 0.755. The number of aryl methyl sites for hydroxylation is 1. The third-order valence-corrected chi connectivity index (χ3v) is 5.99. The summed E-state index contributed by atoms with van der Waals surface area (Å²) in [5, 5.41) is 3.47. The Balaban J connectivity index is 1.37. The lowest BCUT2D eigenvalue weighted by atomic mass is 9.96. The van der Waals surface area contributed by atoms with Gasteiger partial charge in [-0.1, -0.05) is 29.8 Å². The van der Waals surface area contributed by atoms with Crippen molar-refractivity contribution in [2.75, 3.05) is 29.9 Å². The second-order valence-corrected chi connectivity index (χ2v) is 8.43. The number of nitrogens with zero attached hydrogens (tertiary/aromatic N) is 2. The van der Waals surface area contributed by atoms with Gasteiger partial charge in [0.15, 0.2) is 0 Å². The highest BCUT2D eigenvalue weighted by Crippen LogP contribution is 2.34. The number of nitrogens with one attached hydrogen (secondary N) is 1. The summed E-state index contributed by atoms with van der Waals surface area (Å²) in [6, 6.07) is 13.2. The number of hydrogen-bond donors (Lipinski definition) is 1. The van der Waals surface area contributed by atoms with Crippen molar-refractivity contribution in [1.29, 1.82) is 0 Å². The first-order chi connectivity index (χ1) is 14.4. The molecule has 1 fully saturated rings. The van der Waals surface area contributed by atoms with E-state index in [9.17, 15) is 9.59 Å². The Bertz CT molecular complexity index is 956. The molecule has 2 aromatic carbocycles. The van der Waals surface area contributed by atoms with E-state index in [-0.39, 0.29) is 24.0 Å². The van der Waals surface area contributed by atoms with E-state index < -0.39 is 0 Å². The van der Waals surface area contributed by atoms with Gasteiger partial charge in [0.2, 0.25) is 5.91 Å². The van der Waals surface area contributed by atoms with E-state index in [1.807, 2.05) is 61.2 Å². The third kappa shape index (κ3) is 4.24. The number of halogens is 1. The second kappa shape index (κ2) is 8.56. The fourth-order valence-corrected chi connectivity index (χ4v) is 4.31. The summed E-state index contributed by atoms with van der Waals surface area (Å²) in [6.45, 7) is 5.53. The topological polar surface area (TPSA) is 61.9 Å². The fourth-order valence-electron chi connectivity index (χ4n) is 4.03. The molecule has 0 aromatic heterocycles. The summed E-state index contributed by atoms with van der Waals surface area (Å²) >= 11 is 6.23. The highest BCUT2D eigenvalue weighted by molar-refractivity contribution is 6.33. The number of rotatable bonds is 2. The monoisotopic (exact) mass is 427 g/mol. The largest absolute Gasteiger partial charge is 0.487 e. The van der Waals surface area contributed by atoms with Crippen molar-refractivity contribution in [1.82, 2.24) is 4.90 Å². The summed E-state index contributed by atoms with van der Waals surface area (Å²) < 4.78 is 5.85. The lowest BCUT2D eigenvalue weighted by Gasteiger charge is -2.39. The summed E-state index contributed by atoms with van der Waals surface area (Å²) in [5.41, 5.74) is 2.47. The van der Waals surface area contributed by atoms with E-state index in [0.717, 1.165) is 17.0 Å². The molecule has 6 nitrogen and oxygen atoms in total. The van der Waals surface area contributed by atoms with Gasteiger partial charge in [-0.15, -0.1) is 0 Å². The van der Waals surface area contributed by atoms with Gasteiger partial charge >= 0.3 is 6.03 Å². The van der Waals surface area contributed by atoms with Crippen LogP contribution in [0.2, 0.25) is 5.02 Å². The molecule has 2 aliphatic heterocycles. The fraction of sp³-hybridized carbons (Fsp3) is 0.391. The van der Waals surface area contributed by atoms with Crippen LogP contribution >= 0.6 is 11.6 Å². The molecule has 30 heavy (non-hydrogen) atoms. The Labute approximate surface area is 181 Å². The molecule has 0 bridgehead atoms. The maximum atomic E-state index is 13.2. The number of carbonyl (C=O) groups is 2. The van der Waals surface area contributed by atoms with Gasteiger partial charge in [-0.05, 0) is 56.5 Å². The lowest BCUT2D eigenvalue weighted by Crippen LogP contribution is -2.51. The molecule has 2 aromatic rings. The highest BCUT2D eigenvalue weighted by Gasteiger charge is 2.33. The molecule has 0 saturated carbocycles. The van der Waals surface area contributed by atoms with E-state index in [4.69, 9.17) is 16.3 Å². The van der Waals surface area contributed by atoms with Crippen molar-refractivity contribution in [3.05, 3.63) is 53.1 Å². The molecule has 0 aliphatic carbocycles. The molecule has 1 N–H and O–H groups in total. The maximum absolute atomic E-state index is 13.2. The number of anilines is 2. The minimum absolute atomic E-state index is 0.0296. The van der Waals surface area contributed by atoms with Crippen LogP contribution in [0.15, 0.2) is 42.5 Å². The number of amides is 3. The van der Waals surface area contributed by atoms with Gasteiger partial charge in [0.1, 0.15) is 11.9 Å². The van der Waals surface area contributed by atoms with Crippen LogP contribution in [-0.4, -0.2) is 42.6 Å². The molecular formula is C23H26ClN3O3. The normalized spacial score (nSPS) is 19.1. The Kier molecular flexibility index (Phi) is 5.86. The summed E-state index contributed by atoms with van der Waals surface area (Å²) in [4.78, 5) is 29.5. The van der Waals surface area contributed by atoms with Crippen molar-refractivity contribution in [2.45, 2.75) is 32.8 Å². The van der Waals surface area contributed by atoms with Gasteiger partial charge in [-0.25, -0.2) is 4.79 Å². The van der Waals surface area contributed by atoms with Crippen LogP contribution in [0.1, 0.15) is 25.3 Å². The molecule has 1 saturated heterocycles. The highest BCUT2D eigenvalue weighted by atomic mass is 35.5. The van der Waals surface area contributed by atoms with Gasteiger partial charge in [0, 0.05) is 19.0 Å². The molecule has 0 radical (unpaired) electrons. The first-order valence-corrected chi connectivity index (χ1v) is 10.7. The lowest BCUT2D eigenvalue weighted by molar-refractivity contribution is -0.121. The zero-order chi connectivity index (χ0) is 21.3. The molecule has 158 valence electrons. The Hall–Kier alpha value is -2.73. The number of carbonyl (C=O) groups excluding carboxylic acids is 2. The van der Waals surface area contributed by atoms with E-state index in [1.54, 1.807) is 4.90 Å². The molecular weight excluding hydrogens is 402 g/mol. The number of urea groups is 1. The molecule has 4 rings (SSSR count). The van der Waals surface area contributed by atoms with Gasteiger partial charge in [-0.3, -0.25) is 9.69 Å². The number of fused-ring (bicyclic) bond motifs is 1. The van der Waals surface area contributed by atoms with Crippen LogP contribution in [0.25, 0.3) is 0 Å². The average Bonchev–Trinajstić information content (AvgIpc) is 2.74. The molecule has 1 atom stereocenters. The first kappa shape index (κ1) is 20.5. The van der Waals surface area contributed by atoms with Crippen LogP contribution in [0.5, 0.6) is 5.75 Å². The number of ether oxygens (including phenoxy) is 1. The van der Waals surface area contributed by atoms with Crippen molar-refractivity contribution in [3.8, 4) is 5.75 Å². The molecule has 2 aliphatic rings. The average molecular weight is 428 g/mol. The van der Waals surface area contributed by atoms with Crippen LogP contribution in [0.3, 0.4) is 0 Å². The van der Waals surface area contributed by atoms with Crippen molar-refractivity contribution in [3.63, 3.8) is 0 Å². The zero-order valence-corrected chi connectivity index (χ0v) is 18.0. The van der Waals surface area contributed by atoms with E-state index in [2.05, 4.69) is 5.32 Å². The standard InChI is InChI=1S/C23H26ClN3O3/c1-15-7-8-19(18(24)13-15)25-22(28)17-9-11-26(12-10-17)23(29)27-14-16(2)30-21-6-4-3-5-20(21)27/h3-8,13,16-17H,9-12,14H2,1-2H3,(H,25,28). The van der Waals surface area contributed by atoms with Crippen LogP contribution in [-0.2, 0) is 4.79 Å². The molecule has 1 unspecified atom stereocenters. The first-order valence-electron chi connectivity index (χ1n) is 10.3. The number of hydrogen-bond acceptors (Lipinski definition) is 3. The Morgan fingerprint density at radius 2 is 1.87 bits per heavy atom. The minimum atomic E-state index is -0.137. The predicted octanol–water partition coefficient (Wildman–Crippen LogP) is 4.71. The summed E-state index contributed by atoms with van der Waals surface area (Å²) in [5.74, 6) is 0.550. The molecule has 7 heteroatoms. The van der Waals surface area contributed by atoms with Gasteiger partial charge in [0.25, 0.3) is 0 Å². The summed E-state index contributed by atoms with van der Waals surface area (Å²) in [7, 11) is 0. The number of para-hydroxylation sites is 2. The minimum Gasteiger partial charge on any atom is -0.487 e. The van der Waals surface area contributed by atoms with Crippen molar-refractivity contribution >= 4 is 34.9 Å².